The first-order valence-electron chi connectivity index (χ1n) is 8.35. The lowest BCUT2D eigenvalue weighted by Crippen LogP contribution is -2.37. The second kappa shape index (κ2) is 8.01. The highest BCUT2D eigenvalue weighted by Gasteiger charge is 2.28. The third-order valence-electron chi connectivity index (χ3n) is 4.50. The molecule has 0 saturated carbocycles. The van der Waals surface area contributed by atoms with Crippen molar-refractivity contribution in [3.63, 3.8) is 0 Å². The Labute approximate surface area is 160 Å². The predicted molar refractivity (Wildman–Crippen MR) is 97.9 cm³/mol. The van der Waals surface area contributed by atoms with Crippen LogP contribution in [-0.4, -0.2) is 38.9 Å². The Morgan fingerprint density at radius 3 is 2.56 bits per heavy atom. The zero-order valence-corrected chi connectivity index (χ0v) is 16.0. The van der Waals surface area contributed by atoms with E-state index in [9.17, 15) is 22.0 Å². The van der Waals surface area contributed by atoms with Gasteiger partial charge in [-0.15, -0.1) is 11.3 Å². The van der Waals surface area contributed by atoms with Crippen molar-refractivity contribution in [2.24, 2.45) is 5.14 Å². The molecule has 2 aromatic rings. The molecule has 2 heterocycles. The second-order valence-electron chi connectivity index (χ2n) is 6.26. The molecule has 0 spiro atoms. The van der Waals surface area contributed by atoms with Crippen molar-refractivity contribution >= 4 is 27.3 Å². The van der Waals surface area contributed by atoms with Crippen molar-refractivity contribution in [1.82, 2.24) is 10.2 Å². The maximum absolute atomic E-state index is 14.4. The fourth-order valence-corrected chi connectivity index (χ4v) is 4.65. The molecule has 27 heavy (non-hydrogen) atoms. The number of thiophene rings is 1. The fourth-order valence-electron chi connectivity index (χ4n) is 3.18. The summed E-state index contributed by atoms with van der Waals surface area (Å²) in [4.78, 5) is 14.7. The number of halogens is 2. The minimum atomic E-state index is -4.41. The highest BCUT2D eigenvalue weighted by atomic mass is 32.2. The molecule has 0 bridgehead atoms. The highest BCUT2D eigenvalue weighted by molar-refractivity contribution is 7.89. The SMILES string of the molecule is NS(=O)(=O)c1ccc(F)c(C(=O)NC[C@@H](c2cccs2)N2CCCC2)c1F. The standard InChI is InChI=1S/C17H19F2N3O3S2/c18-11-5-6-14(27(20,24)25)16(19)15(11)17(23)21-10-12(13-4-3-9-26-13)22-7-1-2-8-22/h3-6,9,12H,1-2,7-8,10H2,(H,21,23)(H2,20,24,25)/t12-/m0/s1. The van der Waals surface area contributed by atoms with E-state index >= 15 is 0 Å². The summed E-state index contributed by atoms with van der Waals surface area (Å²) in [6.07, 6.45) is 2.10. The van der Waals surface area contributed by atoms with Gasteiger partial charge in [0.15, 0.2) is 5.82 Å². The number of carbonyl (C=O) groups is 1. The average Bonchev–Trinajstić information content (AvgIpc) is 3.28. The Balaban J connectivity index is 1.82. The lowest BCUT2D eigenvalue weighted by molar-refractivity contribution is 0.0929. The van der Waals surface area contributed by atoms with Crippen molar-refractivity contribution in [2.75, 3.05) is 19.6 Å². The van der Waals surface area contributed by atoms with Crippen molar-refractivity contribution in [2.45, 2.75) is 23.8 Å². The monoisotopic (exact) mass is 415 g/mol. The van der Waals surface area contributed by atoms with Crippen molar-refractivity contribution in [1.29, 1.82) is 0 Å². The zero-order chi connectivity index (χ0) is 19.6. The van der Waals surface area contributed by atoms with Gasteiger partial charge in [-0.05, 0) is 49.5 Å². The van der Waals surface area contributed by atoms with Gasteiger partial charge in [0.05, 0.1) is 6.04 Å². The number of benzene rings is 1. The summed E-state index contributed by atoms with van der Waals surface area (Å²) in [7, 11) is -4.41. The van der Waals surface area contributed by atoms with Gasteiger partial charge in [-0.25, -0.2) is 22.3 Å². The first-order valence-corrected chi connectivity index (χ1v) is 10.8. The molecule has 1 aliphatic rings. The summed E-state index contributed by atoms with van der Waals surface area (Å²) in [5.74, 6) is -3.65. The van der Waals surface area contributed by atoms with Crippen LogP contribution in [-0.2, 0) is 10.0 Å². The fraction of sp³-hybridized carbons (Fsp3) is 0.353. The van der Waals surface area contributed by atoms with Crippen LogP contribution in [0, 0.1) is 11.6 Å². The van der Waals surface area contributed by atoms with E-state index in [2.05, 4.69) is 10.2 Å². The molecule has 1 fully saturated rings. The Morgan fingerprint density at radius 1 is 1.26 bits per heavy atom. The van der Waals surface area contributed by atoms with Gasteiger partial charge in [-0.1, -0.05) is 6.07 Å². The number of primary sulfonamides is 1. The summed E-state index contributed by atoms with van der Waals surface area (Å²) >= 11 is 1.54. The zero-order valence-electron chi connectivity index (χ0n) is 14.3. The Bertz CT molecular complexity index is 927. The molecular weight excluding hydrogens is 396 g/mol. The van der Waals surface area contributed by atoms with Crippen LogP contribution >= 0.6 is 11.3 Å². The smallest absolute Gasteiger partial charge is 0.257 e. The maximum Gasteiger partial charge on any atom is 0.257 e. The molecule has 1 aromatic heterocycles. The van der Waals surface area contributed by atoms with E-state index in [-0.39, 0.29) is 12.6 Å². The summed E-state index contributed by atoms with van der Waals surface area (Å²) in [6.45, 7) is 1.90. The molecule has 10 heteroatoms. The molecule has 6 nitrogen and oxygen atoms in total. The molecule has 1 saturated heterocycles. The number of nitrogens with zero attached hydrogens (tertiary/aromatic N) is 1. The second-order valence-corrected chi connectivity index (χ2v) is 8.77. The van der Waals surface area contributed by atoms with Gasteiger partial charge in [-0.3, -0.25) is 9.69 Å². The number of amides is 1. The Morgan fingerprint density at radius 2 is 1.96 bits per heavy atom. The minimum Gasteiger partial charge on any atom is -0.350 e. The van der Waals surface area contributed by atoms with Gasteiger partial charge < -0.3 is 5.32 Å². The number of rotatable bonds is 6. The van der Waals surface area contributed by atoms with Gasteiger partial charge in [-0.2, -0.15) is 0 Å². The third-order valence-corrected chi connectivity index (χ3v) is 6.40. The van der Waals surface area contributed by atoms with Crippen LogP contribution in [0.1, 0.15) is 34.1 Å². The molecule has 0 unspecified atom stereocenters. The maximum atomic E-state index is 14.4. The normalized spacial score (nSPS) is 16.4. The Kier molecular flexibility index (Phi) is 5.89. The third kappa shape index (κ3) is 4.34. The van der Waals surface area contributed by atoms with Crippen LogP contribution in [0.3, 0.4) is 0 Å². The van der Waals surface area contributed by atoms with Gasteiger partial charge in [0.1, 0.15) is 16.3 Å². The van der Waals surface area contributed by atoms with Crippen LogP contribution in [0.5, 0.6) is 0 Å². The molecule has 1 atom stereocenters. The summed E-state index contributed by atoms with van der Waals surface area (Å²) in [5.41, 5.74) is -0.951. The van der Waals surface area contributed by atoms with E-state index in [1.165, 1.54) is 0 Å². The number of sulfonamides is 1. The van der Waals surface area contributed by atoms with E-state index in [0.717, 1.165) is 36.9 Å². The molecule has 146 valence electrons. The van der Waals surface area contributed by atoms with E-state index in [4.69, 9.17) is 5.14 Å². The van der Waals surface area contributed by atoms with E-state index < -0.39 is 38.0 Å². The Hall–Kier alpha value is -1.88. The van der Waals surface area contributed by atoms with E-state index in [1.54, 1.807) is 11.3 Å². The van der Waals surface area contributed by atoms with Gasteiger partial charge >= 0.3 is 0 Å². The van der Waals surface area contributed by atoms with Crippen molar-refractivity contribution < 1.29 is 22.0 Å². The van der Waals surface area contributed by atoms with Crippen LogP contribution in [0.4, 0.5) is 8.78 Å². The number of hydrogen-bond acceptors (Lipinski definition) is 5. The van der Waals surface area contributed by atoms with Gasteiger partial charge in [0, 0.05) is 11.4 Å². The number of likely N-dealkylation sites (tertiary alicyclic amines) is 1. The number of carbonyl (C=O) groups excluding carboxylic acids is 1. The molecule has 1 aliphatic heterocycles. The highest BCUT2D eigenvalue weighted by Crippen LogP contribution is 2.28. The van der Waals surface area contributed by atoms with Crippen LogP contribution in [0.2, 0.25) is 0 Å². The molecule has 3 N–H and O–H groups in total. The first kappa shape index (κ1) is 19.9. The average molecular weight is 415 g/mol. The lowest BCUT2D eigenvalue weighted by Gasteiger charge is -2.27. The quantitative estimate of drug-likeness (QED) is 0.757. The molecule has 0 aliphatic carbocycles. The summed E-state index contributed by atoms with van der Waals surface area (Å²) in [5, 5.41) is 9.38. The van der Waals surface area contributed by atoms with Crippen LogP contribution in [0.25, 0.3) is 0 Å². The van der Waals surface area contributed by atoms with Gasteiger partial charge in [0.25, 0.3) is 5.91 Å². The molecule has 0 radical (unpaired) electrons. The topological polar surface area (TPSA) is 92.5 Å². The molecule has 1 amide bonds. The van der Waals surface area contributed by atoms with Crippen LogP contribution < -0.4 is 10.5 Å². The summed E-state index contributed by atoms with van der Waals surface area (Å²) in [6, 6.07) is 5.16. The minimum absolute atomic E-state index is 0.107. The van der Waals surface area contributed by atoms with Crippen molar-refractivity contribution in [3.05, 3.63) is 51.7 Å². The van der Waals surface area contributed by atoms with Crippen molar-refractivity contribution in [3.8, 4) is 0 Å². The van der Waals surface area contributed by atoms with Crippen LogP contribution in [0.15, 0.2) is 34.5 Å². The number of nitrogens with one attached hydrogen (secondary N) is 1. The van der Waals surface area contributed by atoms with Gasteiger partial charge in [0.2, 0.25) is 10.0 Å². The molecule has 3 rings (SSSR count). The number of hydrogen-bond donors (Lipinski definition) is 2. The first-order chi connectivity index (χ1) is 12.8. The van der Waals surface area contributed by atoms with E-state index in [1.807, 2.05) is 17.5 Å². The lowest BCUT2D eigenvalue weighted by atomic mass is 10.1. The summed E-state index contributed by atoms with van der Waals surface area (Å²) < 4.78 is 51.3. The molecular formula is C17H19F2N3O3S2. The predicted octanol–water partition coefficient (Wildman–Crippen LogP) is 2.24. The largest absolute Gasteiger partial charge is 0.350 e. The number of nitrogens with two attached hydrogens (primary N) is 1. The molecule has 1 aromatic carbocycles. The van der Waals surface area contributed by atoms with E-state index in [0.29, 0.717) is 6.07 Å².